The van der Waals surface area contributed by atoms with Crippen LogP contribution in [0.15, 0.2) is 78.9 Å². The molecule has 4 rings (SSSR count). The number of rotatable bonds is 5. The lowest BCUT2D eigenvalue weighted by molar-refractivity contribution is 0.285. The van der Waals surface area contributed by atoms with Gasteiger partial charge in [-0.1, -0.05) is 60.7 Å². The van der Waals surface area contributed by atoms with Crippen molar-refractivity contribution >= 4 is 5.95 Å². The number of halogens is 2. The third kappa shape index (κ3) is 4.06. The Kier molecular flexibility index (Phi) is 5.16. The number of benzene rings is 3. The van der Waals surface area contributed by atoms with Crippen molar-refractivity contribution in [2.45, 2.75) is 6.61 Å². The average Bonchev–Trinajstić information content (AvgIpc) is 2.76. The minimum atomic E-state index is -1.07. The van der Waals surface area contributed by atoms with E-state index < -0.39 is 11.6 Å². The molecular weight excluding hydrogens is 372 g/mol. The fourth-order valence-electron chi connectivity index (χ4n) is 2.94. The van der Waals surface area contributed by atoms with Crippen LogP contribution in [0.4, 0.5) is 14.7 Å². The first kappa shape index (κ1) is 18.6. The van der Waals surface area contributed by atoms with Gasteiger partial charge in [0, 0.05) is 11.1 Å². The zero-order chi connectivity index (χ0) is 20.2. The fraction of sp³-hybridized carbons (Fsp3) is 0.0435. The molecule has 29 heavy (non-hydrogen) atoms. The van der Waals surface area contributed by atoms with E-state index in [9.17, 15) is 8.78 Å². The van der Waals surface area contributed by atoms with Crippen molar-refractivity contribution < 1.29 is 13.5 Å². The zero-order valence-electron chi connectivity index (χ0n) is 15.3. The molecule has 2 N–H and O–H groups in total. The molecule has 0 spiro atoms. The average molecular weight is 389 g/mol. The van der Waals surface area contributed by atoms with Crippen molar-refractivity contribution in [3.8, 4) is 28.3 Å². The van der Waals surface area contributed by atoms with Crippen LogP contribution in [0, 0.1) is 11.6 Å². The van der Waals surface area contributed by atoms with Crippen LogP contribution < -0.4 is 10.5 Å². The van der Waals surface area contributed by atoms with Crippen molar-refractivity contribution in [3.05, 3.63) is 96.1 Å². The number of nitrogen functional groups attached to an aromatic ring is 1. The standard InChI is InChI=1S/C23H17F2N3O/c24-21-17(11-12-20(22(21)25)29-14-15-7-3-1-4-8-15)19-13-18(27-23(26)28-19)16-9-5-2-6-10-16/h1-13H,14H2,(H2,26,27,28). The number of hydrogen-bond donors (Lipinski definition) is 1. The molecule has 0 aliphatic rings. The van der Waals surface area contributed by atoms with Crippen LogP contribution in [0.1, 0.15) is 5.56 Å². The van der Waals surface area contributed by atoms with E-state index in [1.54, 1.807) is 6.07 Å². The molecule has 1 aromatic heterocycles. The molecule has 6 heteroatoms. The summed E-state index contributed by atoms with van der Waals surface area (Å²) in [6, 6.07) is 22.9. The number of nitrogens with two attached hydrogens (primary N) is 1. The van der Waals surface area contributed by atoms with Gasteiger partial charge in [-0.15, -0.1) is 0 Å². The van der Waals surface area contributed by atoms with Gasteiger partial charge in [-0.25, -0.2) is 14.4 Å². The summed E-state index contributed by atoms with van der Waals surface area (Å²) in [5.41, 5.74) is 8.16. The molecule has 0 amide bonds. The molecule has 0 aliphatic carbocycles. The van der Waals surface area contributed by atoms with Crippen LogP contribution in [-0.2, 0) is 6.61 Å². The van der Waals surface area contributed by atoms with Gasteiger partial charge < -0.3 is 10.5 Å². The van der Waals surface area contributed by atoms with E-state index in [4.69, 9.17) is 10.5 Å². The SMILES string of the molecule is Nc1nc(-c2ccccc2)cc(-c2ccc(OCc3ccccc3)c(F)c2F)n1. The van der Waals surface area contributed by atoms with E-state index in [0.717, 1.165) is 11.1 Å². The first-order chi connectivity index (χ1) is 14.1. The van der Waals surface area contributed by atoms with Crippen molar-refractivity contribution in [2.24, 2.45) is 0 Å². The van der Waals surface area contributed by atoms with Crippen LogP contribution in [0.2, 0.25) is 0 Å². The normalized spacial score (nSPS) is 10.7. The van der Waals surface area contributed by atoms with E-state index in [2.05, 4.69) is 9.97 Å². The number of hydrogen-bond acceptors (Lipinski definition) is 4. The summed E-state index contributed by atoms with van der Waals surface area (Å²) in [5, 5.41) is 0. The molecule has 1 heterocycles. The number of anilines is 1. The van der Waals surface area contributed by atoms with Gasteiger partial charge >= 0.3 is 0 Å². The number of aromatic nitrogens is 2. The van der Waals surface area contributed by atoms with E-state index in [1.807, 2.05) is 60.7 Å². The second-order valence-corrected chi connectivity index (χ2v) is 6.38. The van der Waals surface area contributed by atoms with Gasteiger partial charge in [0.25, 0.3) is 0 Å². The minimum absolute atomic E-state index is 0.0131. The smallest absolute Gasteiger partial charge is 0.221 e. The maximum atomic E-state index is 14.8. The second kappa shape index (κ2) is 8.06. The van der Waals surface area contributed by atoms with Crippen molar-refractivity contribution in [1.29, 1.82) is 0 Å². The van der Waals surface area contributed by atoms with E-state index in [-0.39, 0.29) is 29.6 Å². The van der Waals surface area contributed by atoms with Crippen LogP contribution in [-0.4, -0.2) is 9.97 Å². The molecule has 0 unspecified atom stereocenters. The highest BCUT2D eigenvalue weighted by atomic mass is 19.2. The van der Waals surface area contributed by atoms with Gasteiger partial charge in [0.2, 0.25) is 11.8 Å². The summed E-state index contributed by atoms with van der Waals surface area (Å²) >= 11 is 0. The highest BCUT2D eigenvalue weighted by Crippen LogP contribution is 2.31. The Labute approximate surface area is 166 Å². The van der Waals surface area contributed by atoms with E-state index >= 15 is 0 Å². The minimum Gasteiger partial charge on any atom is -0.486 e. The summed E-state index contributed by atoms with van der Waals surface area (Å²) < 4.78 is 34.8. The Balaban J connectivity index is 1.66. The highest BCUT2D eigenvalue weighted by molar-refractivity contribution is 5.70. The van der Waals surface area contributed by atoms with Gasteiger partial charge in [-0.3, -0.25) is 0 Å². The zero-order valence-corrected chi connectivity index (χ0v) is 15.3. The summed E-state index contributed by atoms with van der Waals surface area (Å²) in [7, 11) is 0. The third-order valence-corrected chi connectivity index (χ3v) is 4.37. The van der Waals surface area contributed by atoms with Crippen LogP contribution >= 0.6 is 0 Å². The molecule has 0 saturated carbocycles. The molecule has 0 aliphatic heterocycles. The highest BCUT2D eigenvalue weighted by Gasteiger charge is 2.18. The Hall–Kier alpha value is -3.80. The van der Waals surface area contributed by atoms with Gasteiger partial charge in [0.15, 0.2) is 11.6 Å². The lowest BCUT2D eigenvalue weighted by Gasteiger charge is -2.11. The number of nitrogens with zero attached hydrogens (tertiary/aromatic N) is 2. The lowest BCUT2D eigenvalue weighted by Crippen LogP contribution is -2.02. The molecular formula is C23H17F2N3O. The topological polar surface area (TPSA) is 61.0 Å². The first-order valence-corrected chi connectivity index (χ1v) is 8.97. The Morgan fingerprint density at radius 3 is 2.14 bits per heavy atom. The Morgan fingerprint density at radius 2 is 1.41 bits per heavy atom. The quantitative estimate of drug-likeness (QED) is 0.506. The van der Waals surface area contributed by atoms with Crippen molar-refractivity contribution in [3.63, 3.8) is 0 Å². The summed E-state index contributed by atoms with van der Waals surface area (Å²) in [6.45, 7) is 0.134. The largest absolute Gasteiger partial charge is 0.486 e. The Bertz CT molecular complexity index is 1140. The van der Waals surface area contributed by atoms with Gasteiger partial charge in [0.1, 0.15) is 6.61 Å². The van der Waals surface area contributed by atoms with Crippen molar-refractivity contribution in [2.75, 3.05) is 5.73 Å². The predicted octanol–water partition coefficient (Wildman–Crippen LogP) is 5.25. The first-order valence-electron chi connectivity index (χ1n) is 8.97. The molecule has 0 fully saturated rings. The molecule has 0 radical (unpaired) electrons. The van der Waals surface area contributed by atoms with Crippen LogP contribution in [0.3, 0.4) is 0 Å². The summed E-state index contributed by atoms with van der Waals surface area (Å²) in [6.07, 6.45) is 0. The molecule has 0 saturated heterocycles. The van der Waals surface area contributed by atoms with Gasteiger partial charge in [-0.05, 0) is 23.8 Å². The van der Waals surface area contributed by atoms with Crippen molar-refractivity contribution in [1.82, 2.24) is 9.97 Å². The van der Waals surface area contributed by atoms with Crippen LogP contribution in [0.5, 0.6) is 5.75 Å². The molecule has 4 aromatic rings. The molecule has 3 aromatic carbocycles. The van der Waals surface area contributed by atoms with Crippen LogP contribution in [0.25, 0.3) is 22.5 Å². The van der Waals surface area contributed by atoms with E-state index in [1.165, 1.54) is 12.1 Å². The maximum absolute atomic E-state index is 14.8. The lowest BCUT2D eigenvalue weighted by atomic mass is 10.1. The molecule has 4 nitrogen and oxygen atoms in total. The predicted molar refractivity (Wildman–Crippen MR) is 108 cm³/mol. The Morgan fingerprint density at radius 1 is 0.759 bits per heavy atom. The number of ether oxygens (including phenoxy) is 1. The van der Waals surface area contributed by atoms with Gasteiger partial charge in [-0.2, -0.15) is 4.39 Å². The monoisotopic (exact) mass is 389 g/mol. The molecule has 144 valence electrons. The fourth-order valence-corrected chi connectivity index (χ4v) is 2.94. The summed E-state index contributed by atoms with van der Waals surface area (Å²) in [5.74, 6) is -2.31. The molecule has 0 bridgehead atoms. The second-order valence-electron chi connectivity index (χ2n) is 6.38. The van der Waals surface area contributed by atoms with E-state index in [0.29, 0.717) is 5.69 Å². The maximum Gasteiger partial charge on any atom is 0.221 e. The summed E-state index contributed by atoms with van der Waals surface area (Å²) in [4.78, 5) is 8.26. The third-order valence-electron chi connectivity index (χ3n) is 4.37. The van der Waals surface area contributed by atoms with Gasteiger partial charge in [0.05, 0.1) is 11.4 Å². The molecule has 0 atom stereocenters.